The highest BCUT2D eigenvalue weighted by Gasteiger charge is 2.17. The van der Waals surface area contributed by atoms with Crippen LogP contribution < -0.4 is 5.32 Å². The van der Waals surface area contributed by atoms with Crippen molar-refractivity contribution in [2.75, 3.05) is 13.2 Å². The lowest BCUT2D eigenvalue weighted by molar-refractivity contribution is -0.121. The highest BCUT2D eigenvalue weighted by molar-refractivity contribution is 5.79. The van der Waals surface area contributed by atoms with Crippen molar-refractivity contribution in [2.45, 2.75) is 18.9 Å². The molecule has 3 nitrogen and oxygen atoms in total. The van der Waals surface area contributed by atoms with Crippen LogP contribution in [0.3, 0.4) is 0 Å². The summed E-state index contributed by atoms with van der Waals surface area (Å²) in [7, 11) is 0. The first-order valence-electron chi connectivity index (χ1n) is 7.33. The number of carbonyl (C=O) groups excluding carboxylic acids is 1. The molecule has 3 rings (SSSR count). The highest BCUT2D eigenvalue weighted by atomic mass is 16.5. The van der Waals surface area contributed by atoms with Crippen LogP contribution in [-0.4, -0.2) is 25.2 Å². The fraction of sp³-hybridized carbons (Fsp3) is 0.278. The topological polar surface area (TPSA) is 38.3 Å². The molecule has 3 heteroatoms. The Morgan fingerprint density at radius 2 is 1.76 bits per heavy atom. The van der Waals surface area contributed by atoms with Crippen LogP contribution in [0.15, 0.2) is 54.6 Å². The molecule has 21 heavy (non-hydrogen) atoms. The second-order valence-corrected chi connectivity index (χ2v) is 5.37. The van der Waals surface area contributed by atoms with Gasteiger partial charge in [0.1, 0.15) is 0 Å². The first kappa shape index (κ1) is 13.8. The molecule has 0 unspecified atom stereocenters. The maximum Gasteiger partial charge on any atom is 0.224 e. The summed E-state index contributed by atoms with van der Waals surface area (Å²) in [6.45, 7) is 1.38. The largest absolute Gasteiger partial charge is 0.379 e. The van der Waals surface area contributed by atoms with Crippen LogP contribution in [0.4, 0.5) is 0 Å². The second-order valence-electron chi connectivity index (χ2n) is 5.37. The average molecular weight is 281 g/mol. The molecule has 1 N–H and O–H groups in total. The highest BCUT2D eigenvalue weighted by Crippen LogP contribution is 2.19. The van der Waals surface area contributed by atoms with E-state index in [9.17, 15) is 4.79 Å². The first-order valence-corrected chi connectivity index (χ1v) is 7.33. The molecule has 1 heterocycles. The van der Waals surface area contributed by atoms with Crippen molar-refractivity contribution in [2.24, 2.45) is 0 Å². The molecule has 108 valence electrons. The van der Waals surface area contributed by atoms with E-state index in [0.717, 1.165) is 18.6 Å². The SMILES string of the molecule is O=C(Cc1ccc(-c2ccccc2)cc1)N[C@H]1CCOC1. The quantitative estimate of drug-likeness (QED) is 0.936. The number of hydrogen-bond acceptors (Lipinski definition) is 2. The Labute approximate surface area is 124 Å². The van der Waals surface area contributed by atoms with Crippen LogP contribution in [-0.2, 0) is 16.0 Å². The molecule has 0 radical (unpaired) electrons. The lowest BCUT2D eigenvalue weighted by Crippen LogP contribution is -2.35. The van der Waals surface area contributed by atoms with E-state index in [-0.39, 0.29) is 11.9 Å². The normalized spacial score (nSPS) is 17.6. The molecular formula is C18H19NO2. The molecule has 1 saturated heterocycles. The minimum absolute atomic E-state index is 0.0676. The van der Waals surface area contributed by atoms with Gasteiger partial charge < -0.3 is 10.1 Å². The smallest absolute Gasteiger partial charge is 0.224 e. The van der Waals surface area contributed by atoms with Crippen molar-refractivity contribution in [3.63, 3.8) is 0 Å². The lowest BCUT2D eigenvalue weighted by Gasteiger charge is -2.10. The van der Waals surface area contributed by atoms with Crippen LogP contribution in [0.25, 0.3) is 11.1 Å². The maximum absolute atomic E-state index is 12.0. The van der Waals surface area contributed by atoms with E-state index < -0.39 is 0 Å². The third-order valence-corrected chi connectivity index (χ3v) is 3.72. The number of hydrogen-bond donors (Lipinski definition) is 1. The Morgan fingerprint density at radius 1 is 1.05 bits per heavy atom. The maximum atomic E-state index is 12.0. The van der Waals surface area contributed by atoms with E-state index in [0.29, 0.717) is 13.0 Å². The first-order chi connectivity index (χ1) is 10.3. The third kappa shape index (κ3) is 3.70. The zero-order chi connectivity index (χ0) is 14.5. The monoisotopic (exact) mass is 281 g/mol. The molecule has 1 aliphatic heterocycles. The Kier molecular flexibility index (Phi) is 4.31. The minimum Gasteiger partial charge on any atom is -0.379 e. The van der Waals surface area contributed by atoms with Crippen LogP contribution in [0.5, 0.6) is 0 Å². The van der Waals surface area contributed by atoms with Gasteiger partial charge in [-0.15, -0.1) is 0 Å². The summed E-state index contributed by atoms with van der Waals surface area (Å²) in [5.74, 6) is 0.0676. The fourth-order valence-corrected chi connectivity index (χ4v) is 2.56. The molecule has 1 atom stereocenters. The van der Waals surface area contributed by atoms with Gasteiger partial charge in [-0.2, -0.15) is 0 Å². The second kappa shape index (κ2) is 6.55. The third-order valence-electron chi connectivity index (χ3n) is 3.72. The summed E-state index contributed by atoms with van der Waals surface area (Å²) in [6, 6.07) is 18.6. The van der Waals surface area contributed by atoms with E-state index in [1.165, 1.54) is 11.1 Å². The molecule has 0 aromatic heterocycles. The summed E-state index contributed by atoms with van der Waals surface area (Å²) in [5, 5.41) is 3.01. The van der Waals surface area contributed by atoms with Gasteiger partial charge in [0.05, 0.1) is 19.1 Å². The molecule has 2 aromatic carbocycles. The van der Waals surface area contributed by atoms with Gasteiger partial charge in [-0.3, -0.25) is 4.79 Å². The van der Waals surface area contributed by atoms with Crippen molar-refractivity contribution in [1.82, 2.24) is 5.32 Å². The summed E-state index contributed by atoms with van der Waals surface area (Å²) < 4.78 is 5.26. The van der Waals surface area contributed by atoms with Crippen LogP contribution in [0.2, 0.25) is 0 Å². The summed E-state index contributed by atoms with van der Waals surface area (Å²) >= 11 is 0. The average Bonchev–Trinajstić information content (AvgIpc) is 3.02. The molecule has 2 aromatic rings. The minimum atomic E-state index is 0.0676. The van der Waals surface area contributed by atoms with E-state index in [2.05, 4.69) is 29.6 Å². The Hall–Kier alpha value is -2.13. The standard InChI is InChI=1S/C18H19NO2/c20-18(19-17-10-11-21-13-17)12-14-6-8-16(9-7-14)15-4-2-1-3-5-15/h1-9,17H,10-13H2,(H,19,20)/t17-/m0/s1. The number of nitrogens with one attached hydrogen (secondary N) is 1. The van der Waals surface area contributed by atoms with Gasteiger partial charge in [0, 0.05) is 6.61 Å². The van der Waals surface area contributed by atoms with Gasteiger partial charge in [0.15, 0.2) is 0 Å². The summed E-state index contributed by atoms with van der Waals surface area (Å²) in [6.07, 6.45) is 1.34. The molecule has 1 amide bonds. The zero-order valence-electron chi connectivity index (χ0n) is 11.9. The van der Waals surface area contributed by atoms with E-state index in [1.807, 2.05) is 30.3 Å². The molecule has 0 bridgehead atoms. The zero-order valence-corrected chi connectivity index (χ0v) is 11.9. The van der Waals surface area contributed by atoms with E-state index in [4.69, 9.17) is 4.74 Å². The van der Waals surface area contributed by atoms with Crippen LogP contribution in [0.1, 0.15) is 12.0 Å². The number of rotatable bonds is 4. The molecule has 0 saturated carbocycles. The molecule has 0 spiro atoms. The summed E-state index contributed by atoms with van der Waals surface area (Å²) in [5.41, 5.74) is 3.40. The Balaban J connectivity index is 1.60. The fourth-order valence-electron chi connectivity index (χ4n) is 2.56. The van der Waals surface area contributed by atoms with E-state index >= 15 is 0 Å². The van der Waals surface area contributed by atoms with Gasteiger partial charge >= 0.3 is 0 Å². The molecule has 1 fully saturated rings. The van der Waals surface area contributed by atoms with E-state index in [1.54, 1.807) is 0 Å². The predicted molar refractivity (Wildman–Crippen MR) is 82.9 cm³/mol. The van der Waals surface area contributed by atoms with Crippen molar-refractivity contribution in [3.05, 3.63) is 60.2 Å². The van der Waals surface area contributed by atoms with Gasteiger partial charge in [0.25, 0.3) is 0 Å². The number of ether oxygens (including phenoxy) is 1. The molecular weight excluding hydrogens is 262 g/mol. The van der Waals surface area contributed by atoms with Gasteiger partial charge in [-0.25, -0.2) is 0 Å². The Morgan fingerprint density at radius 3 is 2.43 bits per heavy atom. The van der Waals surface area contributed by atoms with Crippen LogP contribution >= 0.6 is 0 Å². The van der Waals surface area contributed by atoms with Gasteiger partial charge in [-0.1, -0.05) is 54.6 Å². The van der Waals surface area contributed by atoms with Crippen molar-refractivity contribution >= 4 is 5.91 Å². The number of amides is 1. The van der Waals surface area contributed by atoms with Crippen molar-refractivity contribution in [1.29, 1.82) is 0 Å². The van der Waals surface area contributed by atoms with Crippen LogP contribution in [0, 0.1) is 0 Å². The number of benzene rings is 2. The molecule has 0 aliphatic carbocycles. The lowest BCUT2D eigenvalue weighted by atomic mass is 10.0. The predicted octanol–water partition coefficient (Wildman–Crippen LogP) is 2.80. The number of carbonyl (C=O) groups is 1. The van der Waals surface area contributed by atoms with Gasteiger partial charge in [0.2, 0.25) is 5.91 Å². The summed E-state index contributed by atoms with van der Waals surface area (Å²) in [4.78, 5) is 12.0. The van der Waals surface area contributed by atoms with Gasteiger partial charge in [-0.05, 0) is 23.1 Å². The van der Waals surface area contributed by atoms with Crippen molar-refractivity contribution < 1.29 is 9.53 Å². The molecule has 1 aliphatic rings. The van der Waals surface area contributed by atoms with Crippen molar-refractivity contribution in [3.8, 4) is 11.1 Å². The Bertz CT molecular complexity index is 586.